The number of anilines is 1. The van der Waals surface area contributed by atoms with Gasteiger partial charge in [-0.05, 0) is 43.5 Å². The smallest absolute Gasteiger partial charge is 0.254 e. The lowest BCUT2D eigenvalue weighted by Gasteiger charge is -2.20. The van der Waals surface area contributed by atoms with Gasteiger partial charge in [0.1, 0.15) is 0 Å². The molecule has 33 heavy (non-hydrogen) atoms. The zero-order chi connectivity index (χ0) is 22.8. The molecule has 1 amide bonds. The molecule has 1 fully saturated rings. The van der Waals surface area contributed by atoms with Crippen LogP contribution in [-0.2, 0) is 13.1 Å². The lowest BCUT2D eigenvalue weighted by molar-refractivity contribution is 0.0787. The molecule has 6 heteroatoms. The Labute approximate surface area is 194 Å². The number of aromatic nitrogens is 3. The number of carbonyl (C=O) groups is 1. The van der Waals surface area contributed by atoms with E-state index < -0.39 is 0 Å². The highest BCUT2D eigenvalue weighted by atomic mass is 16.2. The Balaban J connectivity index is 1.44. The van der Waals surface area contributed by atoms with Crippen LogP contribution < -0.4 is 4.90 Å². The second kappa shape index (κ2) is 9.06. The van der Waals surface area contributed by atoms with E-state index in [0.29, 0.717) is 18.7 Å². The van der Waals surface area contributed by atoms with Crippen molar-refractivity contribution < 1.29 is 4.79 Å². The summed E-state index contributed by atoms with van der Waals surface area (Å²) in [5, 5.41) is 5.25. The second-order valence-corrected chi connectivity index (χ2v) is 8.64. The maximum Gasteiger partial charge on any atom is 0.254 e. The van der Waals surface area contributed by atoms with Crippen LogP contribution in [-0.4, -0.2) is 45.7 Å². The number of amides is 1. The van der Waals surface area contributed by atoms with Gasteiger partial charge in [-0.3, -0.25) is 4.79 Å². The highest BCUT2D eigenvalue weighted by Gasteiger charge is 2.20. The van der Waals surface area contributed by atoms with E-state index in [1.54, 1.807) is 11.1 Å². The molecule has 1 aliphatic rings. The topological polar surface area (TPSA) is 54.3 Å². The molecule has 1 saturated heterocycles. The Morgan fingerprint density at radius 1 is 1.03 bits per heavy atom. The van der Waals surface area contributed by atoms with Crippen LogP contribution in [0.1, 0.15) is 35.7 Å². The van der Waals surface area contributed by atoms with Crippen molar-refractivity contribution in [1.29, 1.82) is 0 Å². The minimum Gasteiger partial charge on any atom is -0.372 e. The summed E-state index contributed by atoms with van der Waals surface area (Å²) < 4.78 is 1.84. The molecule has 2 aromatic carbocycles. The van der Waals surface area contributed by atoms with E-state index in [1.807, 2.05) is 55.1 Å². The third-order valence-electron chi connectivity index (χ3n) is 6.38. The molecule has 0 aliphatic carbocycles. The van der Waals surface area contributed by atoms with Gasteiger partial charge in [-0.2, -0.15) is 5.10 Å². The van der Waals surface area contributed by atoms with E-state index in [9.17, 15) is 4.79 Å². The minimum absolute atomic E-state index is 0.0288. The summed E-state index contributed by atoms with van der Waals surface area (Å²) in [6.07, 6.45) is 4.28. The van der Waals surface area contributed by atoms with E-state index in [1.165, 1.54) is 18.5 Å². The quantitative estimate of drug-likeness (QED) is 0.425. The van der Waals surface area contributed by atoms with Gasteiger partial charge in [0.15, 0.2) is 5.65 Å². The number of pyridine rings is 1. The SMILES string of the molecule is CCn1ncc2c(C(=O)N(C)Cc3ccc(N4CCCC4)cc3)cc(-c3ccccc3)nc21. The van der Waals surface area contributed by atoms with E-state index in [4.69, 9.17) is 4.98 Å². The van der Waals surface area contributed by atoms with Crippen LogP contribution >= 0.6 is 0 Å². The largest absolute Gasteiger partial charge is 0.372 e. The molecular weight excluding hydrogens is 410 g/mol. The van der Waals surface area contributed by atoms with Crippen LogP contribution in [0.2, 0.25) is 0 Å². The second-order valence-electron chi connectivity index (χ2n) is 8.64. The Morgan fingerprint density at radius 3 is 2.45 bits per heavy atom. The average molecular weight is 440 g/mol. The average Bonchev–Trinajstić information content (AvgIpc) is 3.54. The molecule has 1 aliphatic heterocycles. The van der Waals surface area contributed by atoms with E-state index >= 15 is 0 Å². The van der Waals surface area contributed by atoms with Gasteiger partial charge in [0.25, 0.3) is 5.91 Å². The molecular formula is C27H29N5O. The van der Waals surface area contributed by atoms with Gasteiger partial charge in [0.05, 0.1) is 22.8 Å². The van der Waals surface area contributed by atoms with Crippen molar-refractivity contribution in [1.82, 2.24) is 19.7 Å². The molecule has 3 heterocycles. The highest BCUT2D eigenvalue weighted by molar-refractivity contribution is 6.06. The standard InChI is InChI=1S/C27H29N5O/c1-3-32-26-24(18-28-32)23(17-25(29-26)21-9-5-4-6-10-21)27(33)30(2)19-20-11-13-22(14-12-20)31-15-7-8-16-31/h4-6,9-14,17-18H,3,7-8,15-16,19H2,1-2H3. The van der Waals surface area contributed by atoms with Gasteiger partial charge in [-0.25, -0.2) is 9.67 Å². The zero-order valence-corrected chi connectivity index (χ0v) is 19.2. The van der Waals surface area contributed by atoms with Gasteiger partial charge in [0, 0.05) is 44.5 Å². The maximum absolute atomic E-state index is 13.6. The normalized spacial score (nSPS) is 13.6. The fourth-order valence-electron chi connectivity index (χ4n) is 4.55. The summed E-state index contributed by atoms with van der Waals surface area (Å²) >= 11 is 0. The predicted molar refractivity (Wildman–Crippen MR) is 132 cm³/mol. The van der Waals surface area contributed by atoms with Gasteiger partial charge in [-0.15, -0.1) is 0 Å². The fraction of sp³-hybridized carbons (Fsp3) is 0.296. The number of carbonyl (C=O) groups excluding carboxylic acids is 1. The summed E-state index contributed by atoms with van der Waals surface area (Å²) in [5.74, 6) is -0.0288. The summed E-state index contributed by atoms with van der Waals surface area (Å²) in [4.78, 5) is 22.6. The van der Waals surface area contributed by atoms with Crippen molar-refractivity contribution in [3.05, 3.63) is 78.0 Å². The van der Waals surface area contributed by atoms with Crippen LogP contribution in [0.3, 0.4) is 0 Å². The molecule has 0 saturated carbocycles. The molecule has 4 aromatic rings. The minimum atomic E-state index is -0.0288. The van der Waals surface area contributed by atoms with Gasteiger partial charge in [0.2, 0.25) is 0 Å². The Hall–Kier alpha value is -3.67. The highest BCUT2D eigenvalue weighted by Crippen LogP contribution is 2.26. The first-order valence-electron chi connectivity index (χ1n) is 11.7. The molecule has 0 bridgehead atoms. The molecule has 5 rings (SSSR count). The Morgan fingerprint density at radius 2 is 1.76 bits per heavy atom. The molecule has 0 radical (unpaired) electrons. The first-order valence-corrected chi connectivity index (χ1v) is 11.7. The van der Waals surface area contributed by atoms with Crippen molar-refractivity contribution in [3.8, 4) is 11.3 Å². The summed E-state index contributed by atoms with van der Waals surface area (Å²) in [5.41, 5.74) is 5.52. The number of aryl methyl sites for hydroxylation is 1. The van der Waals surface area contributed by atoms with E-state index in [0.717, 1.165) is 40.9 Å². The van der Waals surface area contributed by atoms with Gasteiger partial charge in [-0.1, -0.05) is 42.5 Å². The summed E-state index contributed by atoms with van der Waals surface area (Å²) in [7, 11) is 1.86. The number of rotatable bonds is 6. The molecule has 0 atom stereocenters. The van der Waals surface area contributed by atoms with Crippen LogP contribution in [0.15, 0.2) is 66.9 Å². The summed E-state index contributed by atoms with van der Waals surface area (Å²) in [6, 6.07) is 20.5. The number of fused-ring (bicyclic) bond motifs is 1. The number of hydrogen-bond acceptors (Lipinski definition) is 4. The molecule has 2 aromatic heterocycles. The first-order chi connectivity index (χ1) is 16.1. The van der Waals surface area contributed by atoms with Gasteiger partial charge >= 0.3 is 0 Å². The lowest BCUT2D eigenvalue weighted by atomic mass is 10.1. The van der Waals surface area contributed by atoms with Crippen LogP contribution in [0.25, 0.3) is 22.3 Å². The number of nitrogens with zero attached hydrogens (tertiary/aromatic N) is 5. The Bertz CT molecular complexity index is 1260. The van der Waals surface area contributed by atoms with E-state index in [2.05, 4.69) is 34.3 Å². The maximum atomic E-state index is 13.6. The van der Waals surface area contributed by atoms with Crippen LogP contribution in [0, 0.1) is 0 Å². The monoisotopic (exact) mass is 439 g/mol. The van der Waals surface area contributed by atoms with Crippen molar-refractivity contribution in [2.75, 3.05) is 25.0 Å². The third-order valence-corrected chi connectivity index (χ3v) is 6.38. The molecule has 168 valence electrons. The van der Waals surface area contributed by atoms with Crippen LogP contribution in [0.4, 0.5) is 5.69 Å². The number of hydrogen-bond donors (Lipinski definition) is 0. The molecule has 0 spiro atoms. The van der Waals surface area contributed by atoms with Gasteiger partial charge < -0.3 is 9.80 Å². The predicted octanol–water partition coefficient (Wildman–Crippen LogP) is 4.99. The molecule has 6 nitrogen and oxygen atoms in total. The van der Waals surface area contributed by atoms with Crippen molar-refractivity contribution in [2.24, 2.45) is 0 Å². The summed E-state index contributed by atoms with van der Waals surface area (Å²) in [6.45, 7) is 5.53. The van der Waals surface area contributed by atoms with Crippen LogP contribution in [0.5, 0.6) is 0 Å². The Kier molecular flexibility index (Phi) is 5.82. The molecule has 0 N–H and O–H groups in total. The van der Waals surface area contributed by atoms with E-state index in [-0.39, 0.29) is 5.91 Å². The van der Waals surface area contributed by atoms with Crippen molar-refractivity contribution >= 4 is 22.6 Å². The number of benzene rings is 2. The van der Waals surface area contributed by atoms with Crippen molar-refractivity contribution in [2.45, 2.75) is 32.9 Å². The third kappa shape index (κ3) is 4.21. The molecule has 0 unspecified atom stereocenters. The first kappa shape index (κ1) is 21.2. The van der Waals surface area contributed by atoms with Crippen molar-refractivity contribution in [3.63, 3.8) is 0 Å². The lowest BCUT2D eigenvalue weighted by Crippen LogP contribution is -2.26. The zero-order valence-electron chi connectivity index (χ0n) is 19.2. The fourth-order valence-corrected chi connectivity index (χ4v) is 4.55.